The van der Waals surface area contributed by atoms with Gasteiger partial charge in [0.2, 0.25) is 0 Å². The smallest absolute Gasteiger partial charge is 0.0311 e. The maximum atomic E-state index is 8.52. The van der Waals surface area contributed by atoms with Crippen molar-refractivity contribution in [2.45, 2.75) is 13.3 Å². The highest BCUT2D eigenvalue weighted by atomic mass is 32.3. The van der Waals surface area contributed by atoms with Crippen LogP contribution in [0.4, 0.5) is 0 Å². The van der Waals surface area contributed by atoms with Crippen LogP contribution in [0.3, 0.4) is 0 Å². The maximum absolute atomic E-state index is 8.52. The molecular weight excluding hydrogens is 192 g/mol. The zero-order chi connectivity index (χ0) is 10.3. The van der Waals surface area contributed by atoms with E-state index in [9.17, 15) is 0 Å². The van der Waals surface area contributed by atoms with Gasteiger partial charge in [0.15, 0.2) is 0 Å². The topological polar surface area (TPSA) is 80.3 Å². The fourth-order valence-corrected chi connectivity index (χ4v) is 0.714. The van der Waals surface area contributed by atoms with Gasteiger partial charge in [0.05, 0.1) is 0 Å². The Kier molecular flexibility index (Phi) is 5.29. The average molecular weight is 202 g/mol. The Balaban J connectivity index is 0.000000252. The standard InChI is InChI=1S/C8H10.H2O4S/c1-2-8-6-4-3-5-7-8;1-5(2,3)4/h3-7H,2H2,1H3;(H2,1,2,3,4)/p-2. The van der Waals surface area contributed by atoms with Crippen molar-refractivity contribution in [2.75, 3.05) is 0 Å². The first-order valence-corrected chi connectivity index (χ1v) is 4.97. The Morgan fingerprint density at radius 2 is 1.54 bits per heavy atom. The molecule has 0 aliphatic rings. The normalized spacial score (nSPS) is 10.1. The average Bonchev–Trinajstić information content (AvgIpc) is 2.03. The van der Waals surface area contributed by atoms with E-state index in [0.717, 1.165) is 6.42 Å². The molecule has 1 aromatic rings. The van der Waals surface area contributed by atoms with E-state index in [1.54, 1.807) is 0 Å². The Morgan fingerprint density at radius 1 is 1.15 bits per heavy atom. The van der Waals surface area contributed by atoms with Crippen molar-refractivity contribution in [1.29, 1.82) is 0 Å². The second kappa shape index (κ2) is 5.69. The predicted octanol–water partition coefficient (Wildman–Crippen LogP) is 0.911. The van der Waals surface area contributed by atoms with Crippen molar-refractivity contribution in [3.8, 4) is 0 Å². The molecule has 74 valence electrons. The van der Waals surface area contributed by atoms with Gasteiger partial charge in [-0.25, -0.2) is 0 Å². The molecule has 0 unspecified atom stereocenters. The van der Waals surface area contributed by atoms with E-state index >= 15 is 0 Å². The molecule has 0 N–H and O–H groups in total. The first-order valence-electron chi connectivity index (χ1n) is 3.64. The van der Waals surface area contributed by atoms with Crippen LogP contribution in [0.15, 0.2) is 30.3 Å². The second-order valence-electron chi connectivity index (χ2n) is 2.25. The van der Waals surface area contributed by atoms with Crippen molar-refractivity contribution < 1.29 is 17.5 Å². The number of hydrogen-bond donors (Lipinski definition) is 0. The third kappa shape index (κ3) is 11.1. The van der Waals surface area contributed by atoms with E-state index in [0.29, 0.717) is 0 Å². The van der Waals surface area contributed by atoms with Gasteiger partial charge >= 0.3 is 0 Å². The molecule has 0 atom stereocenters. The van der Waals surface area contributed by atoms with Crippen molar-refractivity contribution in [3.05, 3.63) is 35.9 Å². The first kappa shape index (κ1) is 12.1. The summed E-state index contributed by atoms with van der Waals surface area (Å²) in [5.41, 5.74) is 1.41. The van der Waals surface area contributed by atoms with Crippen LogP contribution in [-0.2, 0) is 16.8 Å². The molecule has 5 heteroatoms. The molecule has 13 heavy (non-hydrogen) atoms. The number of aryl methyl sites for hydroxylation is 1. The van der Waals surface area contributed by atoms with E-state index < -0.39 is 10.4 Å². The highest BCUT2D eigenvalue weighted by Gasteiger charge is 1.79. The van der Waals surface area contributed by atoms with E-state index in [4.69, 9.17) is 17.5 Å². The molecule has 0 spiro atoms. The lowest BCUT2D eigenvalue weighted by molar-refractivity contribution is 0.352. The molecule has 1 aromatic carbocycles. The molecule has 1 rings (SSSR count). The van der Waals surface area contributed by atoms with Gasteiger partial charge in [-0.2, -0.15) is 0 Å². The third-order valence-electron chi connectivity index (χ3n) is 1.25. The quantitative estimate of drug-likeness (QED) is 0.500. The summed E-state index contributed by atoms with van der Waals surface area (Å²) >= 11 is 0. The zero-order valence-electron chi connectivity index (χ0n) is 7.14. The SMILES string of the molecule is CCc1ccccc1.O=S(=O)([O-])[O-]. The second-order valence-corrected chi connectivity index (χ2v) is 3.06. The number of hydrogen-bond acceptors (Lipinski definition) is 4. The van der Waals surface area contributed by atoms with Crippen molar-refractivity contribution in [2.24, 2.45) is 0 Å². The molecule has 0 saturated carbocycles. The van der Waals surface area contributed by atoms with Crippen LogP contribution in [0.2, 0.25) is 0 Å². The summed E-state index contributed by atoms with van der Waals surface area (Å²) in [7, 11) is -5.17. The fraction of sp³-hybridized carbons (Fsp3) is 0.250. The van der Waals surface area contributed by atoms with Crippen molar-refractivity contribution >= 4 is 10.4 Å². The van der Waals surface area contributed by atoms with E-state index in [-0.39, 0.29) is 0 Å². The van der Waals surface area contributed by atoms with Gasteiger partial charge in [-0.05, 0) is 12.0 Å². The third-order valence-corrected chi connectivity index (χ3v) is 1.25. The molecule has 4 nitrogen and oxygen atoms in total. The first-order chi connectivity index (χ1) is 5.93. The summed E-state index contributed by atoms with van der Waals surface area (Å²) in [5, 5.41) is 0. The molecule has 0 amide bonds. The largest absolute Gasteiger partial charge is 0.759 e. The van der Waals surface area contributed by atoms with Crippen molar-refractivity contribution in [3.63, 3.8) is 0 Å². The fourth-order valence-electron chi connectivity index (χ4n) is 0.714. The molecule has 0 radical (unpaired) electrons. The van der Waals surface area contributed by atoms with Gasteiger partial charge in [0.25, 0.3) is 0 Å². The van der Waals surface area contributed by atoms with Gasteiger partial charge in [0, 0.05) is 10.4 Å². The summed E-state index contributed by atoms with van der Waals surface area (Å²) in [4.78, 5) is 0. The predicted molar refractivity (Wildman–Crippen MR) is 46.3 cm³/mol. The summed E-state index contributed by atoms with van der Waals surface area (Å²) in [6.07, 6.45) is 1.14. The van der Waals surface area contributed by atoms with E-state index in [1.807, 2.05) is 6.07 Å². The molecule has 0 aromatic heterocycles. The summed E-state index contributed by atoms with van der Waals surface area (Å²) in [6.45, 7) is 2.16. The highest BCUT2D eigenvalue weighted by Crippen LogP contribution is 1.96. The summed E-state index contributed by atoms with van der Waals surface area (Å²) in [5.74, 6) is 0. The number of rotatable bonds is 1. The lowest BCUT2D eigenvalue weighted by atomic mass is 10.2. The van der Waals surface area contributed by atoms with Crippen LogP contribution < -0.4 is 0 Å². The van der Waals surface area contributed by atoms with Gasteiger partial charge in [0.1, 0.15) is 0 Å². The van der Waals surface area contributed by atoms with E-state index in [2.05, 4.69) is 31.2 Å². The Bertz CT molecular complexity index is 309. The van der Waals surface area contributed by atoms with Crippen LogP contribution in [0.1, 0.15) is 12.5 Å². The molecular formula is C8H10O4S-2. The van der Waals surface area contributed by atoms with Crippen LogP contribution in [0, 0.1) is 0 Å². The van der Waals surface area contributed by atoms with Crippen LogP contribution >= 0.6 is 0 Å². The lowest BCUT2D eigenvalue weighted by Gasteiger charge is -2.06. The molecule has 0 bridgehead atoms. The highest BCUT2D eigenvalue weighted by molar-refractivity contribution is 7.79. The Hall–Kier alpha value is -0.910. The molecule has 0 saturated heterocycles. The van der Waals surface area contributed by atoms with Gasteiger partial charge in [-0.1, -0.05) is 37.3 Å². The molecule has 0 fully saturated rings. The minimum Gasteiger partial charge on any atom is -0.759 e. The molecule has 0 aliphatic heterocycles. The minimum atomic E-state index is -5.17. The Labute approximate surface area is 77.8 Å². The van der Waals surface area contributed by atoms with Crippen LogP contribution in [0.25, 0.3) is 0 Å². The monoisotopic (exact) mass is 202 g/mol. The van der Waals surface area contributed by atoms with Crippen LogP contribution in [0.5, 0.6) is 0 Å². The summed E-state index contributed by atoms with van der Waals surface area (Å²) in [6, 6.07) is 10.5. The van der Waals surface area contributed by atoms with Gasteiger partial charge in [-0.15, -0.1) is 0 Å². The summed E-state index contributed by atoms with van der Waals surface area (Å²) < 4.78 is 34.1. The molecule has 0 heterocycles. The molecule has 0 aliphatic carbocycles. The van der Waals surface area contributed by atoms with Gasteiger partial charge < -0.3 is 9.11 Å². The zero-order valence-corrected chi connectivity index (χ0v) is 7.95. The van der Waals surface area contributed by atoms with Crippen molar-refractivity contribution in [1.82, 2.24) is 0 Å². The van der Waals surface area contributed by atoms with Crippen LogP contribution in [-0.4, -0.2) is 17.5 Å². The van der Waals surface area contributed by atoms with E-state index in [1.165, 1.54) is 5.56 Å². The lowest BCUT2D eigenvalue weighted by Crippen LogP contribution is -1.91. The maximum Gasteiger partial charge on any atom is 0.0311 e. The number of benzene rings is 1. The Morgan fingerprint density at radius 3 is 1.77 bits per heavy atom. The van der Waals surface area contributed by atoms with Gasteiger partial charge in [-0.3, -0.25) is 8.42 Å². The minimum absolute atomic E-state index is 1.14.